The lowest BCUT2D eigenvalue weighted by Gasteiger charge is -2.09. The molecule has 0 aliphatic carbocycles. The zero-order valence-corrected chi connectivity index (χ0v) is 11.8. The second kappa shape index (κ2) is 8.22. The van der Waals surface area contributed by atoms with Crippen LogP contribution in [0, 0.1) is 11.3 Å². The molecule has 110 valence electrons. The molecule has 0 heterocycles. The zero-order chi connectivity index (χ0) is 15.7. The van der Waals surface area contributed by atoms with Crippen LogP contribution >= 0.6 is 0 Å². The van der Waals surface area contributed by atoms with E-state index < -0.39 is 5.97 Å². The molecule has 0 aliphatic heterocycles. The van der Waals surface area contributed by atoms with Gasteiger partial charge in [0.2, 0.25) is 0 Å². The Morgan fingerprint density at radius 1 is 1.48 bits per heavy atom. The lowest BCUT2D eigenvalue weighted by atomic mass is 10.2. The molecular formula is C14H16N4O3. The van der Waals surface area contributed by atoms with Crippen molar-refractivity contribution in [1.82, 2.24) is 0 Å². The first-order valence-corrected chi connectivity index (χ1v) is 6.13. The highest BCUT2D eigenvalue weighted by Crippen LogP contribution is 2.18. The third-order valence-corrected chi connectivity index (χ3v) is 2.38. The van der Waals surface area contributed by atoms with E-state index in [1.54, 1.807) is 44.4 Å². The number of methoxy groups -OCH3 is 1. The van der Waals surface area contributed by atoms with Crippen LogP contribution in [0.4, 0.5) is 5.69 Å². The summed E-state index contributed by atoms with van der Waals surface area (Å²) in [5.41, 5.74) is 5.61. The molecule has 0 saturated heterocycles. The number of carbonyl (C=O) groups is 1. The van der Waals surface area contributed by atoms with Crippen molar-refractivity contribution >= 4 is 18.0 Å². The highest BCUT2D eigenvalue weighted by molar-refractivity contribution is 5.94. The fourth-order valence-corrected chi connectivity index (χ4v) is 1.44. The van der Waals surface area contributed by atoms with Crippen LogP contribution in [-0.2, 0) is 9.53 Å². The van der Waals surface area contributed by atoms with Crippen LogP contribution in [0.25, 0.3) is 0 Å². The summed E-state index contributed by atoms with van der Waals surface area (Å²) in [6, 6.07) is 8.64. The monoisotopic (exact) mass is 288 g/mol. The Bertz CT molecular complexity index is 585. The average molecular weight is 288 g/mol. The molecule has 21 heavy (non-hydrogen) atoms. The smallest absolute Gasteiger partial charge is 0.352 e. The number of esters is 1. The Morgan fingerprint density at radius 3 is 2.62 bits per heavy atom. The largest absolute Gasteiger partial charge is 0.497 e. The van der Waals surface area contributed by atoms with E-state index in [1.165, 1.54) is 0 Å². The second-order valence-corrected chi connectivity index (χ2v) is 3.69. The van der Waals surface area contributed by atoms with Gasteiger partial charge in [-0.05, 0) is 31.2 Å². The number of hydrogen-bond donors (Lipinski definition) is 2. The van der Waals surface area contributed by atoms with Crippen LogP contribution in [-0.4, -0.2) is 26.0 Å². The first kappa shape index (κ1) is 16.0. The number of nitrogens with zero attached hydrogens (tertiary/aromatic N) is 2. The maximum absolute atomic E-state index is 11.7. The van der Waals surface area contributed by atoms with Crippen LogP contribution < -0.4 is 15.8 Å². The Morgan fingerprint density at radius 2 is 2.14 bits per heavy atom. The summed E-state index contributed by atoms with van der Waals surface area (Å²) in [4.78, 5) is 15.5. The molecule has 0 aromatic heterocycles. The summed E-state index contributed by atoms with van der Waals surface area (Å²) < 4.78 is 9.85. The number of nitriles is 1. The lowest BCUT2D eigenvalue weighted by molar-refractivity contribution is -0.138. The van der Waals surface area contributed by atoms with E-state index in [-0.39, 0.29) is 18.0 Å². The molecular weight excluding hydrogens is 272 g/mol. The van der Waals surface area contributed by atoms with Gasteiger partial charge in [0.05, 0.1) is 20.1 Å². The molecule has 1 aromatic carbocycles. The van der Waals surface area contributed by atoms with Crippen LogP contribution in [0.15, 0.2) is 40.7 Å². The second-order valence-electron chi connectivity index (χ2n) is 3.69. The van der Waals surface area contributed by atoms with Crippen LogP contribution in [0.5, 0.6) is 5.75 Å². The van der Waals surface area contributed by atoms with Crippen molar-refractivity contribution in [3.8, 4) is 11.8 Å². The van der Waals surface area contributed by atoms with Gasteiger partial charge in [0.1, 0.15) is 11.8 Å². The molecule has 0 aliphatic rings. The molecule has 1 aromatic rings. The maximum atomic E-state index is 11.7. The van der Waals surface area contributed by atoms with Gasteiger partial charge in [0, 0.05) is 5.69 Å². The summed E-state index contributed by atoms with van der Waals surface area (Å²) in [6.07, 6.45) is 0.989. The van der Waals surface area contributed by atoms with Crippen LogP contribution in [0.1, 0.15) is 6.92 Å². The Labute approximate surface area is 122 Å². The summed E-state index contributed by atoms with van der Waals surface area (Å²) in [7, 11) is 1.56. The normalized spacial score (nSPS) is 11.5. The molecule has 0 unspecified atom stereocenters. The predicted molar refractivity (Wildman–Crippen MR) is 78.6 cm³/mol. The fraction of sp³-hybridized carbons (Fsp3) is 0.214. The third kappa shape index (κ3) is 4.54. The first-order valence-electron chi connectivity index (χ1n) is 6.13. The van der Waals surface area contributed by atoms with Gasteiger partial charge in [-0.2, -0.15) is 5.26 Å². The Kier molecular flexibility index (Phi) is 6.28. The Hall–Kier alpha value is -3.01. The van der Waals surface area contributed by atoms with Gasteiger partial charge in [-0.15, -0.1) is 0 Å². The van der Waals surface area contributed by atoms with E-state index in [2.05, 4.69) is 10.3 Å². The van der Waals surface area contributed by atoms with Gasteiger partial charge in [-0.3, -0.25) is 0 Å². The molecule has 0 amide bonds. The van der Waals surface area contributed by atoms with E-state index in [1.807, 2.05) is 0 Å². The van der Waals surface area contributed by atoms with E-state index >= 15 is 0 Å². The van der Waals surface area contributed by atoms with Gasteiger partial charge in [0.25, 0.3) is 0 Å². The number of rotatable bonds is 6. The van der Waals surface area contributed by atoms with Crippen LogP contribution in [0.3, 0.4) is 0 Å². The molecule has 3 N–H and O–H groups in total. The summed E-state index contributed by atoms with van der Waals surface area (Å²) in [5, 5.41) is 11.9. The van der Waals surface area contributed by atoms with E-state index in [0.717, 1.165) is 6.34 Å². The highest BCUT2D eigenvalue weighted by atomic mass is 16.5. The molecule has 1 rings (SSSR count). The quantitative estimate of drug-likeness (QED) is 0.269. The fourth-order valence-electron chi connectivity index (χ4n) is 1.44. The molecule has 7 heteroatoms. The topological polar surface area (TPSA) is 110 Å². The molecule has 0 bridgehead atoms. The maximum Gasteiger partial charge on any atom is 0.352 e. The average Bonchev–Trinajstić information content (AvgIpc) is 2.49. The van der Waals surface area contributed by atoms with Crippen molar-refractivity contribution < 1.29 is 14.3 Å². The lowest BCUT2D eigenvalue weighted by Crippen LogP contribution is -2.13. The van der Waals surface area contributed by atoms with E-state index in [4.69, 9.17) is 20.5 Å². The molecule has 0 radical (unpaired) electrons. The molecule has 7 nitrogen and oxygen atoms in total. The minimum Gasteiger partial charge on any atom is -0.497 e. The standard InChI is InChI=1S/C14H16N4O3/c1-3-21-14(19)12(8-15)13(17-9-16)18-10-4-6-11(20-2)7-5-10/h4-7,9,18H,3H2,1-2H3,(H2,16,17)/b13-12+. The number of aliphatic imine (C=N–C) groups is 1. The van der Waals surface area contributed by atoms with Gasteiger partial charge in [0.15, 0.2) is 11.4 Å². The van der Waals surface area contributed by atoms with Crippen LogP contribution in [0.2, 0.25) is 0 Å². The van der Waals surface area contributed by atoms with E-state index in [0.29, 0.717) is 11.4 Å². The predicted octanol–water partition coefficient (Wildman–Crippen LogP) is 1.39. The van der Waals surface area contributed by atoms with Crippen molar-refractivity contribution in [1.29, 1.82) is 5.26 Å². The van der Waals surface area contributed by atoms with Gasteiger partial charge in [-0.1, -0.05) is 0 Å². The van der Waals surface area contributed by atoms with Gasteiger partial charge >= 0.3 is 5.97 Å². The summed E-state index contributed by atoms with van der Waals surface area (Å²) in [6.45, 7) is 1.81. The SMILES string of the molecule is CCOC(=O)/C(C#N)=C(\N=C/N)Nc1ccc(OC)cc1. The van der Waals surface area contributed by atoms with Crippen molar-refractivity contribution in [3.05, 3.63) is 35.7 Å². The van der Waals surface area contributed by atoms with Crippen molar-refractivity contribution in [2.75, 3.05) is 19.0 Å². The van der Waals surface area contributed by atoms with Gasteiger partial charge < -0.3 is 20.5 Å². The highest BCUT2D eigenvalue weighted by Gasteiger charge is 2.16. The number of carbonyl (C=O) groups excluding carboxylic acids is 1. The minimum atomic E-state index is -0.762. The van der Waals surface area contributed by atoms with Crippen molar-refractivity contribution in [2.45, 2.75) is 6.92 Å². The number of benzene rings is 1. The third-order valence-electron chi connectivity index (χ3n) is 2.38. The molecule has 0 fully saturated rings. The summed E-state index contributed by atoms with van der Waals surface area (Å²) in [5.74, 6) is -0.0652. The van der Waals surface area contributed by atoms with E-state index in [9.17, 15) is 4.79 Å². The van der Waals surface area contributed by atoms with Gasteiger partial charge in [-0.25, -0.2) is 9.79 Å². The zero-order valence-electron chi connectivity index (χ0n) is 11.8. The Balaban J connectivity index is 3.09. The number of nitrogens with two attached hydrogens (primary N) is 1. The van der Waals surface area contributed by atoms with Crippen molar-refractivity contribution in [3.63, 3.8) is 0 Å². The number of nitrogens with one attached hydrogen (secondary N) is 1. The molecule has 0 atom stereocenters. The van der Waals surface area contributed by atoms with Crippen molar-refractivity contribution in [2.24, 2.45) is 10.7 Å². The minimum absolute atomic E-state index is 0.0172. The number of anilines is 1. The molecule has 0 spiro atoms. The number of ether oxygens (including phenoxy) is 2. The molecule has 0 saturated carbocycles. The number of hydrogen-bond acceptors (Lipinski definition) is 6. The first-order chi connectivity index (χ1) is 10.2. The summed E-state index contributed by atoms with van der Waals surface area (Å²) >= 11 is 0.